The normalized spacial score (nSPS) is 11.7. The molecule has 0 amide bonds. The van der Waals surface area contributed by atoms with Gasteiger partial charge in [-0.05, 0) is 42.5 Å². The summed E-state index contributed by atoms with van der Waals surface area (Å²) in [7, 11) is 0. The van der Waals surface area contributed by atoms with Gasteiger partial charge in [0.05, 0.1) is 21.4 Å². The molecule has 0 fully saturated rings. The molecule has 0 radical (unpaired) electrons. The topological polar surface area (TPSA) is 85.2 Å². The third-order valence-electron chi connectivity index (χ3n) is 4.44. The van der Waals surface area contributed by atoms with Crippen LogP contribution in [0.2, 0.25) is 5.02 Å². The van der Waals surface area contributed by atoms with Crippen molar-refractivity contribution in [3.8, 4) is 11.5 Å². The Morgan fingerprint density at radius 2 is 1.83 bits per heavy atom. The lowest BCUT2D eigenvalue weighted by molar-refractivity contribution is -0.383. The standard InChI is InChI=1S/C20H10ClF3N2O4/c21-11-4-5-14-13(9-11)19(27)17-16(7-6-15(26(28)29)18(17)25-14)30-12-3-1-2-10(8-12)20(22,23)24/h1-9H,(H,25,27). The highest BCUT2D eigenvalue weighted by atomic mass is 35.5. The molecule has 0 bridgehead atoms. The predicted octanol–water partition coefficient (Wildman–Crippen LogP) is 6.05. The summed E-state index contributed by atoms with van der Waals surface area (Å²) in [6, 6.07) is 10.8. The molecule has 3 aromatic carbocycles. The Balaban J connectivity index is 1.98. The molecule has 30 heavy (non-hydrogen) atoms. The number of aromatic amines is 1. The Kier molecular flexibility index (Phi) is 4.62. The molecule has 4 rings (SSSR count). The molecule has 4 aromatic rings. The van der Waals surface area contributed by atoms with Crippen LogP contribution < -0.4 is 10.2 Å². The zero-order chi connectivity index (χ0) is 21.6. The molecule has 0 unspecified atom stereocenters. The Bertz CT molecular complexity index is 1380. The smallest absolute Gasteiger partial charge is 0.416 e. The lowest BCUT2D eigenvalue weighted by atomic mass is 10.1. The van der Waals surface area contributed by atoms with Gasteiger partial charge in [0.15, 0.2) is 0 Å². The average Bonchev–Trinajstić information content (AvgIpc) is 2.68. The molecule has 0 aliphatic rings. The third-order valence-corrected chi connectivity index (χ3v) is 4.68. The van der Waals surface area contributed by atoms with E-state index in [4.69, 9.17) is 16.3 Å². The number of nitrogens with one attached hydrogen (secondary N) is 1. The van der Waals surface area contributed by atoms with E-state index >= 15 is 0 Å². The number of alkyl halides is 3. The molecule has 152 valence electrons. The van der Waals surface area contributed by atoms with Gasteiger partial charge < -0.3 is 9.72 Å². The van der Waals surface area contributed by atoms with Crippen LogP contribution in [0.15, 0.2) is 59.4 Å². The first-order valence-electron chi connectivity index (χ1n) is 8.43. The van der Waals surface area contributed by atoms with Crippen molar-refractivity contribution in [2.45, 2.75) is 6.18 Å². The van der Waals surface area contributed by atoms with Gasteiger partial charge in [0.1, 0.15) is 17.0 Å². The molecular formula is C20H10ClF3N2O4. The minimum atomic E-state index is -4.58. The van der Waals surface area contributed by atoms with Crippen molar-refractivity contribution in [1.29, 1.82) is 0 Å². The average molecular weight is 435 g/mol. The largest absolute Gasteiger partial charge is 0.456 e. The lowest BCUT2D eigenvalue weighted by Crippen LogP contribution is -2.08. The van der Waals surface area contributed by atoms with Crippen molar-refractivity contribution in [1.82, 2.24) is 4.98 Å². The maximum Gasteiger partial charge on any atom is 0.416 e. The van der Waals surface area contributed by atoms with Gasteiger partial charge in [-0.1, -0.05) is 17.7 Å². The molecule has 0 atom stereocenters. The monoisotopic (exact) mass is 434 g/mol. The Hall–Kier alpha value is -3.59. The van der Waals surface area contributed by atoms with Crippen molar-refractivity contribution in [2.24, 2.45) is 0 Å². The van der Waals surface area contributed by atoms with Gasteiger partial charge in [0, 0.05) is 16.5 Å². The van der Waals surface area contributed by atoms with E-state index in [0.29, 0.717) is 5.52 Å². The summed E-state index contributed by atoms with van der Waals surface area (Å²) in [5, 5.41) is 11.7. The summed E-state index contributed by atoms with van der Waals surface area (Å²) in [6.07, 6.45) is -4.58. The number of hydrogen-bond acceptors (Lipinski definition) is 4. The highest BCUT2D eigenvalue weighted by Gasteiger charge is 2.31. The number of H-pyrrole nitrogens is 1. The van der Waals surface area contributed by atoms with Crippen LogP contribution in [-0.4, -0.2) is 9.91 Å². The first kappa shape index (κ1) is 19.7. The molecule has 0 aliphatic heterocycles. The fourth-order valence-corrected chi connectivity index (χ4v) is 3.28. The van der Waals surface area contributed by atoms with Crippen LogP contribution in [0.3, 0.4) is 0 Å². The van der Waals surface area contributed by atoms with E-state index in [-0.39, 0.29) is 38.5 Å². The van der Waals surface area contributed by atoms with Crippen molar-refractivity contribution in [2.75, 3.05) is 0 Å². The fourth-order valence-electron chi connectivity index (χ4n) is 3.11. The quantitative estimate of drug-likeness (QED) is 0.241. The van der Waals surface area contributed by atoms with Crippen LogP contribution in [0.5, 0.6) is 11.5 Å². The second-order valence-corrected chi connectivity index (χ2v) is 6.80. The van der Waals surface area contributed by atoms with E-state index < -0.39 is 22.1 Å². The van der Waals surface area contributed by atoms with Gasteiger partial charge in [-0.3, -0.25) is 14.9 Å². The number of nitrogens with zero attached hydrogens (tertiary/aromatic N) is 1. The first-order valence-corrected chi connectivity index (χ1v) is 8.81. The number of hydrogen-bond donors (Lipinski definition) is 1. The van der Waals surface area contributed by atoms with Crippen LogP contribution >= 0.6 is 11.6 Å². The van der Waals surface area contributed by atoms with E-state index in [9.17, 15) is 28.1 Å². The van der Waals surface area contributed by atoms with Crippen LogP contribution in [0.25, 0.3) is 21.8 Å². The summed E-state index contributed by atoms with van der Waals surface area (Å²) in [4.78, 5) is 26.7. The first-order chi connectivity index (χ1) is 14.1. The van der Waals surface area contributed by atoms with Crippen molar-refractivity contribution in [3.05, 3.63) is 85.5 Å². The lowest BCUT2D eigenvalue weighted by Gasteiger charge is -2.12. The van der Waals surface area contributed by atoms with E-state index in [1.807, 2.05) is 0 Å². The number of fused-ring (bicyclic) bond motifs is 2. The van der Waals surface area contributed by atoms with Gasteiger partial charge in [-0.25, -0.2) is 0 Å². The number of non-ortho nitro benzene ring substituents is 1. The van der Waals surface area contributed by atoms with E-state index in [2.05, 4.69) is 4.98 Å². The minimum absolute atomic E-state index is 0.107. The molecule has 0 saturated carbocycles. The minimum Gasteiger partial charge on any atom is -0.456 e. The zero-order valence-electron chi connectivity index (χ0n) is 14.8. The Morgan fingerprint density at radius 3 is 2.53 bits per heavy atom. The molecule has 1 heterocycles. The number of aromatic nitrogens is 1. The van der Waals surface area contributed by atoms with Gasteiger partial charge in [-0.15, -0.1) is 0 Å². The summed E-state index contributed by atoms with van der Waals surface area (Å²) in [5.74, 6) is -0.302. The van der Waals surface area contributed by atoms with Gasteiger partial charge in [0.25, 0.3) is 5.69 Å². The SMILES string of the molecule is O=c1c2cc(Cl)ccc2[nH]c2c([N+](=O)[O-])ccc(Oc3cccc(C(F)(F)F)c3)c12. The van der Waals surface area contributed by atoms with Crippen LogP contribution in [0.1, 0.15) is 5.56 Å². The molecule has 0 spiro atoms. The summed E-state index contributed by atoms with van der Waals surface area (Å²) >= 11 is 5.95. The Labute approximate surface area is 170 Å². The number of nitro groups is 1. The number of halogens is 4. The highest BCUT2D eigenvalue weighted by Crippen LogP contribution is 2.36. The third kappa shape index (κ3) is 3.43. The van der Waals surface area contributed by atoms with Gasteiger partial charge >= 0.3 is 6.18 Å². The summed E-state index contributed by atoms with van der Waals surface area (Å²) < 4.78 is 44.5. The summed E-state index contributed by atoms with van der Waals surface area (Å²) in [6.45, 7) is 0. The second kappa shape index (κ2) is 7.03. The molecular weight excluding hydrogens is 425 g/mol. The molecule has 10 heteroatoms. The number of rotatable bonds is 3. The number of ether oxygens (including phenoxy) is 1. The van der Waals surface area contributed by atoms with E-state index in [1.165, 1.54) is 30.3 Å². The Morgan fingerprint density at radius 1 is 1.07 bits per heavy atom. The summed E-state index contributed by atoms with van der Waals surface area (Å²) in [5.41, 5.74) is -1.71. The molecule has 6 nitrogen and oxygen atoms in total. The van der Waals surface area contributed by atoms with Gasteiger partial charge in [-0.2, -0.15) is 13.2 Å². The predicted molar refractivity (Wildman–Crippen MR) is 105 cm³/mol. The highest BCUT2D eigenvalue weighted by molar-refractivity contribution is 6.31. The molecule has 1 aromatic heterocycles. The van der Waals surface area contributed by atoms with Crippen molar-refractivity contribution in [3.63, 3.8) is 0 Å². The maximum atomic E-state index is 13.1. The van der Waals surface area contributed by atoms with E-state index in [0.717, 1.165) is 24.3 Å². The number of nitro benzene ring substituents is 1. The number of pyridine rings is 1. The fraction of sp³-hybridized carbons (Fsp3) is 0.0500. The van der Waals surface area contributed by atoms with Crippen LogP contribution in [0.4, 0.5) is 18.9 Å². The van der Waals surface area contributed by atoms with E-state index in [1.54, 1.807) is 0 Å². The van der Waals surface area contributed by atoms with Crippen molar-refractivity contribution >= 4 is 39.1 Å². The zero-order valence-corrected chi connectivity index (χ0v) is 15.5. The maximum absolute atomic E-state index is 13.1. The van der Waals surface area contributed by atoms with Gasteiger partial charge in [0.2, 0.25) is 5.43 Å². The van der Waals surface area contributed by atoms with Crippen LogP contribution in [-0.2, 0) is 6.18 Å². The second-order valence-electron chi connectivity index (χ2n) is 6.36. The number of benzene rings is 3. The van der Waals surface area contributed by atoms with Crippen molar-refractivity contribution < 1.29 is 22.8 Å². The van der Waals surface area contributed by atoms with Crippen LogP contribution in [0, 0.1) is 10.1 Å². The molecule has 0 aliphatic carbocycles. The molecule has 1 N–H and O–H groups in total. The molecule has 0 saturated heterocycles.